The number of fused-ring (bicyclic) bond motifs is 1. The van der Waals surface area contributed by atoms with E-state index in [9.17, 15) is 9.59 Å². The minimum atomic E-state index is -0.544. The van der Waals surface area contributed by atoms with Crippen LogP contribution in [0.1, 0.15) is 40.0 Å². The highest BCUT2D eigenvalue weighted by Crippen LogP contribution is 2.38. The zero-order valence-corrected chi connectivity index (χ0v) is 18.2. The molecule has 1 amide bonds. The van der Waals surface area contributed by atoms with E-state index in [4.69, 9.17) is 21.4 Å². The number of aromatic nitrogens is 1. The zero-order chi connectivity index (χ0) is 22.0. The normalized spacial score (nSPS) is 12.1. The maximum absolute atomic E-state index is 13.4. The van der Waals surface area contributed by atoms with E-state index in [-0.39, 0.29) is 25.0 Å². The first-order valence-electron chi connectivity index (χ1n) is 9.68. The third kappa shape index (κ3) is 3.93. The number of aliphatic hydroxyl groups excluding tert-OH is 1. The molecule has 3 rings (SSSR count). The molecule has 30 heavy (non-hydrogen) atoms. The standard InChI is InChI=1S/C23H25ClN2O4/c1-13-5-7-16(8-6-13)23(29)26-15(3)21(14(2)22(28)25-9-10-27)17-11-20(30-4)18(24)12-19(17)26/h5-8,11-12,14,27H,9-10H2,1-4H3,(H,25,28). The van der Waals surface area contributed by atoms with Crippen LogP contribution < -0.4 is 10.1 Å². The van der Waals surface area contributed by atoms with Crippen LogP contribution in [0.5, 0.6) is 5.75 Å². The van der Waals surface area contributed by atoms with Crippen molar-refractivity contribution in [3.05, 3.63) is 63.8 Å². The topological polar surface area (TPSA) is 80.6 Å². The van der Waals surface area contributed by atoms with E-state index in [0.29, 0.717) is 27.5 Å². The van der Waals surface area contributed by atoms with Gasteiger partial charge in [-0.3, -0.25) is 14.2 Å². The van der Waals surface area contributed by atoms with Crippen molar-refractivity contribution >= 4 is 34.3 Å². The van der Waals surface area contributed by atoms with E-state index in [0.717, 1.165) is 16.5 Å². The van der Waals surface area contributed by atoms with Gasteiger partial charge in [-0.15, -0.1) is 0 Å². The molecule has 2 aromatic carbocycles. The molecule has 3 aromatic rings. The molecule has 0 saturated carbocycles. The highest BCUT2D eigenvalue weighted by atomic mass is 35.5. The van der Waals surface area contributed by atoms with Gasteiger partial charge in [-0.2, -0.15) is 0 Å². The van der Waals surface area contributed by atoms with Crippen molar-refractivity contribution in [2.45, 2.75) is 26.7 Å². The predicted molar refractivity (Wildman–Crippen MR) is 118 cm³/mol. The summed E-state index contributed by atoms with van der Waals surface area (Å²) in [7, 11) is 1.52. The molecule has 0 fully saturated rings. The van der Waals surface area contributed by atoms with E-state index < -0.39 is 5.92 Å². The molecule has 0 radical (unpaired) electrons. The molecule has 0 spiro atoms. The summed E-state index contributed by atoms with van der Waals surface area (Å²) in [5.41, 5.74) is 3.59. The molecule has 1 atom stereocenters. The largest absolute Gasteiger partial charge is 0.495 e. The monoisotopic (exact) mass is 428 g/mol. The summed E-state index contributed by atoms with van der Waals surface area (Å²) in [6, 6.07) is 10.8. The Balaban J connectivity index is 2.23. The van der Waals surface area contributed by atoms with Crippen molar-refractivity contribution in [3.63, 3.8) is 0 Å². The van der Waals surface area contributed by atoms with Gasteiger partial charge >= 0.3 is 0 Å². The Morgan fingerprint density at radius 3 is 2.47 bits per heavy atom. The van der Waals surface area contributed by atoms with Crippen molar-refractivity contribution in [2.75, 3.05) is 20.3 Å². The number of carbonyl (C=O) groups is 2. The lowest BCUT2D eigenvalue weighted by Gasteiger charge is -2.13. The molecule has 158 valence electrons. The highest BCUT2D eigenvalue weighted by Gasteiger charge is 2.27. The summed E-state index contributed by atoms with van der Waals surface area (Å²) in [6.45, 7) is 5.57. The summed E-state index contributed by atoms with van der Waals surface area (Å²) in [6.07, 6.45) is 0. The number of rotatable bonds is 6. The first-order valence-corrected chi connectivity index (χ1v) is 10.1. The van der Waals surface area contributed by atoms with E-state index in [1.54, 1.807) is 35.8 Å². The smallest absolute Gasteiger partial charge is 0.262 e. The second kappa shape index (κ2) is 8.90. The summed E-state index contributed by atoms with van der Waals surface area (Å²) in [4.78, 5) is 26.0. The van der Waals surface area contributed by atoms with Gasteiger partial charge in [0.2, 0.25) is 5.91 Å². The number of nitrogens with zero attached hydrogens (tertiary/aromatic N) is 1. The maximum atomic E-state index is 13.4. The van der Waals surface area contributed by atoms with Crippen LogP contribution in [0.4, 0.5) is 0 Å². The second-order valence-corrected chi connectivity index (χ2v) is 7.65. The van der Waals surface area contributed by atoms with Crippen LogP contribution in [0.2, 0.25) is 5.02 Å². The third-order valence-electron chi connectivity index (χ3n) is 5.27. The fraction of sp³-hybridized carbons (Fsp3) is 0.304. The maximum Gasteiger partial charge on any atom is 0.262 e. The zero-order valence-electron chi connectivity index (χ0n) is 17.5. The molecule has 0 bridgehead atoms. The SMILES string of the molecule is COc1cc2c(C(C)C(=O)NCCO)c(C)n(C(=O)c3ccc(C)cc3)c2cc1Cl. The summed E-state index contributed by atoms with van der Waals surface area (Å²) >= 11 is 6.36. The number of carbonyl (C=O) groups excluding carboxylic acids is 2. The van der Waals surface area contributed by atoms with Crippen molar-refractivity contribution in [2.24, 2.45) is 0 Å². The minimum absolute atomic E-state index is 0.144. The molecule has 7 heteroatoms. The lowest BCUT2D eigenvalue weighted by Crippen LogP contribution is -2.30. The minimum Gasteiger partial charge on any atom is -0.495 e. The number of aryl methyl sites for hydroxylation is 1. The number of methoxy groups -OCH3 is 1. The van der Waals surface area contributed by atoms with Crippen LogP contribution in [0, 0.1) is 13.8 Å². The number of hydrogen-bond donors (Lipinski definition) is 2. The number of nitrogens with one attached hydrogen (secondary N) is 1. The molecule has 2 N–H and O–H groups in total. The Bertz CT molecular complexity index is 1100. The van der Waals surface area contributed by atoms with Gasteiger partial charge in [0.25, 0.3) is 5.91 Å². The van der Waals surface area contributed by atoms with Gasteiger partial charge in [-0.05, 0) is 50.6 Å². The van der Waals surface area contributed by atoms with E-state index in [2.05, 4.69) is 5.32 Å². The average Bonchev–Trinajstić information content (AvgIpc) is 3.01. The van der Waals surface area contributed by atoms with Gasteiger partial charge in [0.15, 0.2) is 0 Å². The Hall–Kier alpha value is -2.83. The summed E-state index contributed by atoms with van der Waals surface area (Å²) < 4.78 is 6.95. The van der Waals surface area contributed by atoms with Crippen LogP contribution in [0.25, 0.3) is 10.9 Å². The first kappa shape index (κ1) is 21.9. The number of halogens is 1. The number of amides is 1. The second-order valence-electron chi connectivity index (χ2n) is 7.25. The quantitative estimate of drug-likeness (QED) is 0.625. The molecule has 1 aromatic heterocycles. The summed E-state index contributed by atoms with van der Waals surface area (Å²) in [5, 5.41) is 12.8. The molecule has 0 saturated heterocycles. The van der Waals surface area contributed by atoms with E-state index >= 15 is 0 Å². The van der Waals surface area contributed by atoms with Crippen LogP contribution in [-0.4, -0.2) is 41.7 Å². The molecule has 0 aliphatic heterocycles. The van der Waals surface area contributed by atoms with Crippen LogP contribution in [0.3, 0.4) is 0 Å². The molecular weight excluding hydrogens is 404 g/mol. The van der Waals surface area contributed by atoms with E-state index in [1.165, 1.54) is 7.11 Å². The lowest BCUT2D eigenvalue weighted by molar-refractivity contribution is -0.122. The molecular formula is C23H25ClN2O4. The molecule has 0 aliphatic carbocycles. The first-order chi connectivity index (χ1) is 14.3. The number of aliphatic hydroxyl groups is 1. The van der Waals surface area contributed by atoms with Crippen molar-refractivity contribution in [1.29, 1.82) is 0 Å². The van der Waals surface area contributed by atoms with Crippen molar-refractivity contribution in [1.82, 2.24) is 9.88 Å². The van der Waals surface area contributed by atoms with Crippen molar-refractivity contribution in [3.8, 4) is 5.75 Å². The van der Waals surface area contributed by atoms with Crippen LogP contribution in [-0.2, 0) is 4.79 Å². The van der Waals surface area contributed by atoms with Gasteiger partial charge in [-0.25, -0.2) is 0 Å². The van der Waals surface area contributed by atoms with Crippen LogP contribution >= 0.6 is 11.6 Å². The Labute approximate surface area is 180 Å². The molecule has 0 aliphatic rings. The Morgan fingerprint density at radius 1 is 1.20 bits per heavy atom. The highest BCUT2D eigenvalue weighted by molar-refractivity contribution is 6.33. The Morgan fingerprint density at radius 2 is 1.87 bits per heavy atom. The fourth-order valence-corrected chi connectivity index (χ4v) is 3.93. The Kier molecular flexibility index (Phi) is 6.48. The van der Waals surface area contributed by atoms with Crippen LogP contribution in [0.15, 0.2) is 36.4 Å². The number of benzene rings is 2. The molecule has 1 heterocycles. The van der Waals surface area contributed by atoms with E-state index in [1.807, 2.05) is 26.0 Å². The number of hydrogen-bond acceptors (Lipinski definition) is 4. The average molecular weight is 429 g/mol. The van der Waals surface area contributed by atoms with Crippen molar-refractivity contribution < 1.29 is 19.4 Å². The predicted octanol–water partition coefficient (Wildman–Crippen LogP) is 3.82. The third-order valence-corrected chi connectivity index (χ3v) is 5.56. The lowest BCUT2D eigenvalue weighted by atomic mass is 9.97. The van der Waals surface area contributed by atoms with Gasteiger partial charge in [-0.1, -0.05) is 29.3 Å². The summed E-state index contributed by atoms with van der Waals surface area (Å²) in [5.74, 6) is -0.513. The van der Waals surface area contributed by atoms with Gasteiger partial charge in [0, 0.05) is 23.2 Å². The van der Waals surface area contributed by atoms with Gasteiger partial charge in [0.1, 0.15) is 5.75 Å². The van der Waals surface area contributed by atoms with Gasteiger partial charge < -0.3 is 15.2 Å². The van der Waals surface area contributed by atoms with Gasteiger partial charge in [0.05, 0.1) is 30.2 Å². The molecule has 6 nitrogen and oxygen atoms in total. The molecule has 1 unspecified atom stereocenters. The number of ether oxygens (including phenoxy) is 1. The fourth-order valence-electron chi connectivity index (χ4n) is 3.69.